The third kappa shape index (κ3) is 3.06. The number of rotatable bonds is 3. The zero-order chi connectivity index (χ0) is 17.2. The van der Waals surface area contributed by atoms with Crippen molar-refractivity contribution in [2.75, 3.05) is 49.2 Å². The monoisotopic (exact) mass is 335 g/mol. The molecule has 3 aromatic rings. The first-order valence-corrected chi connectivity index (χ1v) is 8.37. The van der Waals surface area contributed by atoms with Crippen LogP contribution in [0.4, 0.5) is 23.0 Å². The van der Waals surface area contributed by atoms with Crippen molar-refractivity contribution >= 4 is 33.9 Å². The molecule has 1 fully saturated rings. The van der Waals surface area contributed by atoms with E-state index in [0.717, 1.165) is 48.6 Å². The van der Waals surface area contributed by atoms with Crippen LogP contribution in [-0.2, 0) is 0 Å². The van der Waals surface area contributed by atoms with Gasteiger partial charge in [0.1, 0.15) is 12.0 Å². The lowest BCUT2D eigenvalue weighted by Crippen LogP contribution is -2.45. The van der Waals surface area contributed by atoms with Crippen LogP contribution in [0.15, 0.2) is 42.9 Å². The second-order valence-electron chi connectivity index (χ2n) is 6.26. The van der Waals surface area contributed by atoms with Crippen LogP contribution in [0.25, 0.3) is 10.9 Å². The van der Waals surface area contributed by atoms with Crippen LogP contribution in [0.1, 0.15) is 0 Å². The highest BCUT2D eigenvalue weighted by atomic mass is 15.3. The molecule has 128 valence electrons. The number of nitrogens with two attached hydrogens (primary N) is 1. The van der Waals surface area contributed by atoms with E-state index in [0.29, 0.717) is 11.5 Å². The van der Waals surface area contributed by atoms with E-state index in [1.54, 1.807) is 12.5 Å². The molecule has 7 heteroatoms. The number of benzene rings is 1. The van der Waals surface area contributed by atoms with Crippen LogP contribution in [-0.4, -0.2) is 53.1 Å². The number of pyridine rings is 1. The van der Waals surface area contributed by atoms with E-state index in [4.69, 9.17) is 5.73 Å². The third-order valence-corrected chi connectivity index (χ3v) is 4.55. The van der Waals surface area contributed by atoms with Gasteiger partial charge in [-0.2, -0.15) is 0 Å². The molecule has 0 bridgehead atoms. The lowest BCUT2D eigenvalue weighted by molar-refractivity contribution is 0.312. The van der Waals surface area contributed by atoms with E-state index in [-0.39, 0.29) is 0 Å². The molecule has 3 N–H and O–H groups in total. The van der Waals surface area contributed by atoms with E-state index < -0.39 is 0 Å². The number of aromatic nitrogens is 3. The van der Waals surface area contributed by atoms with Crippen LogP contribution < -0.4 is 16.0 Å². The number of nitrogens with zero attached hydrogens (tertiary/aromatic N) is 5. The van der Waals surface area contributed by atoms with Gasteiger partial charge in [0.2, 0.25) is 0 Å². The van der Waals surface area contributed by atoms with E-state index in [9.17, 15) is 0 Å². The second-order valence-corrected chi connectivity index (χ2v) is 6.26. The number of hydrogen-bond acceptors (Lipinski definition) is 7. The van der Waals surface area contributed by atoms with Gasteiger partial charge in [-0.25, -0.2) is 9.97 Å². The highest BCUT2D eigenvalue weighted by molar-refractivity contribution is 5.93. The molecule has 0 radical (unpaired) electrons. The number of nitrogens with one attached hydrogen (secondary N) is 1. The smallest absolute Gasteiger partial charge is 0.159 e. The van der Waals surface area contributed by atoms with E-state index >= 15 is 0 Å². The van der Waals surface area contributed by atoms with Crippen molar-refractivity contribution in [3.8, 4) is 0 Å². The standard InChI is InChI=1S/C18H21N7/c1-24-8-10-25(11-9-24)18-15(19)17(21-12-22-18)23-14-6-2-4-13-5-3-7-20-16(13)14/h2-7,12H,8-11,19H2,1H3,(H,21,22,23). The van der Waals surface area contributed by atoms with Crippen molar-refractivity contribution < 1.29 is 0 Å². The summed E-state index contributed by atoms with van der Waals surface area (Å²) in [5, 5.41) is 4.40. The van der Waals surface area contributed by atoms with Gasteiger partial charge >= 0.3 is 0 Å². The topological polar surface area (TPSA) is 83.2 Å². The van der Waals surface area contributed by atoms with Crippen LogP contribution in [0.3, 0.4) is 0 Å². The Morgan fingerprint density at radius 3 is 2.64 bits per heavy atom. The summed E-state index contributed by atoms with van der Waals surface area (Å²) in [6.07, 6.45) is 3.34. The largest absolute Gasteiger partial charge is 0.393 e. The summed E-state index contributed by atoms with van der Waals surface area (Å²) in [4.78, 5) is 17.7. The fourth-order valence-electron chi connectivity index (χ4n) is 3.09. The molecule has 3 heterocycles. The van der Waals surface area contributed by atoms with Crippen LogP contribution in [0.2, 0.25) is 0 Å². The summed E-state index contributed by atoms with van der Waals surface area (Å²) < 4.78 is 0. The average molecular weight is 335 g/mol. The molecule has 4 rings (SSSR count). The summed E-state index contributed by atoms with van der Waals surface area (Å²) in [7, 11) is 2.13. The average Bonchev–Trinajstić information content (AvgIpc) is 2.65. The van der Waals surface area contributed by atoms with Gasteiger partial charge in [-0.1, -0.05) is 18.2 Å². The quantitative estimate of drug-likeness (QED) is 0.758. The van der Waals surface area contributed by atoms with E-state index in [2.05, 4.69) is 37.1 Å². The van der Waals surface area contributed by atoms with Crippen LogP contribution in [0, 0.1) is 0 Å². The fourth-order valence-corrected chi connectivity index (χ4v) is 3.09. The number of likely N-dealkylation sites (N-methyl/N-ethyl adjacent to an activating group) is 1. The second kappa shape index (κ2) is 6.52. The molecule has 0 amide bonds. The highest BCUT2D eigenvalue weighted by Gasteiger charge is 2.19. The Labute approximate surface area is 146 Å². The van der Waals surface area contributed by atoms with Crippen molar-refractivity contribution in [3.05, 3.63) is 42.9 Å². The van der Waals surface area contributed by atoms with Crippen molar-refractivity contribution in [1.82, 2.24) is 19.9 Å². The summed E-state index contributed by atoms with van der Waals surface area (Å²) in [5.74, 6) is 1.40. The first-order valence-electron chi connectivity index (χ1n) is 8.37. The normalized spacial score (nSPS) is 15.5. The van der Waals surface area contributed by atoms with Gasteiger partial charge in [-0.3, -0.25) is 4.98 Å². The Balaban J connectivity index is 1.66. The predicted molar refractivity (Wildman–Crippen MR) is 101 cm³/mol. The van der Waals surface area contributed by atoms with Gasteiger partial charge in [0.25, 0.3) is 0 Å². The van der Waals surface area contributed by atoms with Crippen molar-refractivity contribution in [2.24, 2.45) is 0 Å². The molecular weight excluding hydrogens is 314 g/mol. The van der Waals surface area contributed by atoms with E-state index in [1.807, 2.05) is 30.3 Å². The molecule has 7 nitrogen and oxygen atoms in total. The lowest BCUT2D eigenvalue weighted by Gasteiger charge is -2.33. The molecular formula is C18H21N7. The molecule has 0 spiro atoms. The predicted octanol–water partition coefficient (Wildman–Crippen LogP) is 2.10. The summed E-state index contributed by atoms with van der Waals surface area (Å²) >= 11 is 0. The van der Waals surface area contributed by atoms with Crippen molar-refractivity contribution in [3.63, 3.8) is 0 Å². The SMILES string of the molecule is CN1CCN(c2ncnc(Nc3cccc4cccnc34)c2N)CC1. The van der Waals surface area contributed by atoms with Crippen molar-refractivity contribution in [2.45, 2.75) is 0 Å². The maximum Gasteiger partial charge on any atom is 0.159 e. The zero-order valence-corrected chi connectivity index (χ0v) is 14.2. The van der Waals surface area contributed by atoms with Gasteiger partial charge in [-0.15, -0.1) is 0 Å². The molecule has 1 aliphatic rings. The lowest BCUT2D eigenvalue weighted by atomic mass is 10.2. The zero-order valence-electron chi connectivity index (χ0n) is 14.2. The summed E-state index contributed by atoms with van der Waals surface area (Å²) in [5.41, 5.74) is 8.72. The van der Waals surface area contributed by atoms with Gasteiger partial charge in [-0.05, 0) is 19.2 Å². The van der Waals surface area contributed by atoms with E-state index in [1.165, 1.54) is 0 Å². The Morgan fingerprint density at radius 1 is 1.00 bits per heavy atom. The number of piperazine rings is 1. The molecule has 0 saturated carbocycles. The molecule has 25 heavy (non-hydrogen) atoms. The first kappa shape index (κ1) is 15.6. The maximum atomic E-state index is 6.38. The first-order chi connectivity index (χ1) is 12.2. The fraction of sp³-hybridized carbons (Fsp3) is 0.278. The van der Waals surface area contributed by atoms with Crippen molar-refractivity contribution in [1.29, 1.82) is 0 Å². The van der Waals surface area contributed by atoms with Gasteiger partial charge in [0.05, 0.1) is 11.2 Å². The Kier molecular flexibility index (Phi) is 4.07. The number of hydrogen-bond donors (Lipinski definition) is 2. The van der Waals surface area contributed by atoms with Crippen LogP contribution >= 0.6 is 0 Å². The Hall–Kier alpha value is -2.93. The van der Waals surface area contributed by atoms with Gasteiger partial charge in [0.15, 0.2) is 11.6 Å². The Morgan fingerprint density at radius 2 is 1.80 bits per heavy atom. The Bertz CT molecular complexity index is 882. The summed E-state index contributed by atoms with van der Waals surface area (Å²) in [6.45, 7) is 3.82. The number of anilines is 4. The molecule has 2 aromatic heterocycles. The molecule has 0 atom stereocenters. The maximum absolute atomic E-state index is 6.38. The minimum atomic E-state index is 0.569. The minimum Gasteiger partial charge on any atom is -0.393 e. The molecule has 1 aliphatic heterocycles. The highest BCUT2D eigenvalue weighted by Crippen LogP contribution is 2.31. The molecule has 1 saturated heterocycles. The van der Waals surface area contributed by atoms with Crippen LogP contribution in [0.5, 0.6) is 0 Å². The summed E-state index contributed by atoms with van der Waals surface area (Å²) in [6, 6.07) is 9.97. The number of nitrogen functional groups attached to an aromatic ring is 1. The molecule has 1 aromatic carbocycles. The third-order valence-electron chi connectivity index (χ3n) is 4.55. The number of fused-ring (bicyclic) bond motifs is 1. The van der Waals surface area contributed by atoms with Gasteiger partial charge < -0.3 is 20.9 Å². The molecule has 0 unspecified atom stereocenters. The number of para-hydroxylation sites is 1. The van der Waals surface area contributed by atoms with Gasteiger partial charge in [0, 0.05) is 37.8 Å². The molecule has 0 aliphatic carbocycles. The minimum absolute atomic E-state index is 0.569.